The van der Waals surface area contributed by atoms with E-state index in [-0.39, 0.29) is 0 Å². The SMILES string of the molecule is Cc1nc2ccc(-c3nsnc3N)cc2[nH]1. The van der Waals surface area contributed by atoms with E-state index in [1.165, 1.54) is 0 Å². The Kier molecular flexibility index (Phi) is 1.90. The molecule has 0 amide bonds. The van der Waals surface area contributed by atoms with Crippen molar-refractivity contribution in [3.63, 3.8) is 0 Å². The number of nitrogens with one attached hydrogen (secondary N) is 1. The Bertz CT molecular complexity index is 654. The minimum atomic E-state index is 0.473. The first kappa shape index (κ1) is 9.29. The molecule has 0 aliphatic carbocycles. The number of hydrogen-bond donors (Lipinski definition) is 2. The van der Waals surface area contributed by atoms with Gasteiger partial charge in [0, 0.05) is 5.56 Å². The second-order valence-corrected chi connectivity index (χ2v) is 4.08. The molecule has 2 aromatic heterocycles. The molecule has 6 heteroatoms. The van der Waals surface area contributed by atoms with E-state index in [0.717, 1.165) is 39.8 Å². The summed E-state index contributed by atoms with van der Waals surface area (Å²) in [7, 11) is 0. The molecule has 0 saturated heterocycles. The van der Waals surface area contributed by atoms with Crippen molar-refractivity contribution in [2.45, 2.75) is 6.92 Å². The van der Waals surface area contributed by atoms with Gasteiger partial charge in [-0.25, -0.2) is 4.98 Å². The molecule has 1 aromatic carbocycles. The topological polar surface area (TPSA) is 80.5 Å². The largest absolute Gasteiger partial charge is 0.381 e. The first-order valence-electron chi connectivity index (χ1n) is 4.79. The van der Waals surface area contributed by atoms with Gasteiger partial charge in [0.1, 0.15) is 11.5 Å². The number of benzene rings is 1. The fourth-order valence-electron chi connectivity index (χ4n) is 1.68. The lowest BCUT2D eigenvalue weighted by molar-refractivity contribution is 1.17. The molecule has 0 atom stereocenters. The van der Waals surface area contributed by atoms with E-state index >= 15 is 0 Å². The number of nitrogens with two attached hydrogens (primary N) is 1. The number of hydrogen-bond acceptors (Lipinski definition) is 5. The number of aromatic amines is 1. The summed E-state index contributed by atoms with van der Waals surface area (Å²) in [5.74, 6) is 1.37. The second-order valence-electron chi connectivity index (χ2n) is 3.55. The molecule has 0 aliphatic heterocycles. The number of nitrogen functional groups attached to an aromatic ring is 1. The molecule has 0 unspecified atom stereocenters. The van der Waals surface area contributed by atoms with E-state index < -0.39 is 0 Å². The van der Waals surface area contributed by atoms with E-state index in [1.807, 2.05) is 25.1 Å². The van der Waals surface area contributed by atoms with Crippen molar-refractivity contribution in [2.75, 3.05) is 5.73 Å². The van der Waals surface area contributed by atoms with Crippen molar-refractivity contribution in [1.82, 2.24) is 18.7 Å². The van der Waals surface area contributed by atoms with Crippen molar-refractivity contribution in [3.8, 4) is 11.3 Å². The van der Waals surface area contributed by atoms with Crippen molar-refractivity contribution in [2.24, 2.45) is 0 Å². The number of anilines is 1. The molecule has 5 nitrogen and oxygen atoms in total. The maximum Gasteiger partial charge on any atom is 0.165 e. The Labute approximate surface area is 95.7 Å². The highest BCUT2D eigenvalue weighted by Crippen LogP contribution is 2.26. The molecular weight excluding hydrogens is 222 g/mol. The number of H-pyrrole nitrogens is 1. The van der Waals surface area contributed by atoms with Crippen molar-refractivity contribution in [1.29, 1.82) is 0 Å². The molecule has 2 heterocycles. The molecule has 3 aromatic rings. The Balaban J connectivity index is 2.22. The monoisotopic (exact) mass is 231 g/mol. The minimum absolute atomic E-state index is 0.473. The zero-order valence-corrected chi connectivity index (χ0v) is 9.38. The molecule has 0 bridgehead atoms. The number of fused-ring (bicyclic) bond motifs is 1. The third kappa shape index (κ3) is 1.35. The van der Waals surface area contributed by atoms with E-state index in [9.17, 15) is 0 Å². The van der Waals surface area contributed by atoms with E-state index in [2.05, 4.69) is 18.7 Å². The van der Waals surface area contributed by atoms with Gasteiger partial charge in [0.05, 0.1) is 22.8 Å². The Hall–Kier alpha value is -1.95. The standard InChI is InChI=1S/C10H9N5S/c1-5-12-7-3-2-6(4-8(7)13-5)9-10(11)15-16-14-9/h2-4H,1H3,(H2,11,15)(H,12,13). The van der Waals surface area contributed by atoms with Crippen LogP contribution in [0.2, 0.25) is 0 Å². The maximum absolute atomic E-state index is 5.73. The van der Waals surface area contributed by atoms with Crippen LogP contribution in [-0.4, -0.2) is 18.7 Å². The normalized spacial score (nSPS) is 11.1. The van der Waals surface area contributed by atoms with Gasteiger partial charge < -0.3 is 10.7 Å². The molecule has 0 fully saturated rings. The summed E-state index contributed by atoms with van der Waals surface area (Å²) in [5.41, 5.74) is 9.36. The average Bonchev–Trinajstić information content (AvgIpc) is 2.81. The Morgan fingerprint density at radius 1 is 1.31 bits per heavy atom. The van der Waals surface area contributed by atoms with Gasteiger partial charge in [0.25, 0.3) is 0 Å². The quantitative estimate of drug-likeness (QED) is 0.671. The summed E-state index contributed by atoms with van der Waals surface area (Å²) in [4.78, 5) is 7.52. The molecule has 0 aliphatic rings. The molecule has 3 rings (SSSR count). The molecule has 16 heavy (non-hydrogen) atoms. The van der Waals surface area contributed by atoms with Crippen LogP contribution in [0.25, 0.3) is 22.3 Å². The van der Waals surface area contributed by atoms with Gasteiger partial charge in [0.2, 0.25) is 0 Å². The van der Waals surface area contributed by atoms with Crippen molar-refractivity contribution < 1.29 is 0 Å². The Morgan fingerprint density at radius 3 is 2.94 bits per heavy atom. The van der Waals surface area contributed by atoms with Crippen LogP contribution in [0.3, 0.4) is 0 Å². The van der Waals surface area contributed by atoms with Crippen LogP contribution in [-0.2, 0) is 0 Å². The molecule has 0 radical (unpaired) electrons. The molecule has 0 spiro atoms. The van der Waals surface area contributed by atoms with Crippen LogP contribution >= 0.6 is 11.7 Å². The lowest BCUT2D eigenvalue weighted by atomic mass is 10.1. The average molecular weight is 231 g/mol. The van der Waals surface area contributed by atoms with Gasteiger partial charge in [-0.15, -0.1) is 0 Å². The summed E-state index contributed by atoms with van der Waals surface area (Å²) in [6.45, 7) is 1.93. The van der Waals surface area contributed by atoms with E-state index in [0.29, 0.717) is 5.82 Å². The van der Waals surface area contributed by atoms with Gasteiger partial charge in [-0.1, -0.05) is 6.07 Å². The summed E-state index contributed by atoms with van der Waals surface area (Å²) >= 11 is 1.12. The van der Waals surface area contributed by atoms with Gasteiger partial charge in [0.15, 0.2) is 5.82 Å². The van der Waals surface area contributed by atoms with Gasteiger partial charge >= 0.3 is 0 Å². The fraction of sp³-hybridized carbons (Fsp3) is 0.100. The van der Waals surface area contributed by atoms with Crippen LogP contribution in [0.5, 0.6) is 0 Å². The first-order chi connectivity index (χ1) is 7.74. The van der Waals surface area contributed by atoms with Crippen LogP contribution in [0.1, 0.15) is 5.82 Å². The van der Waals surface area contributed by atoms with E-state index in [4.69, 9.17) is 5.73 Å². The number of imidazole rings is 1. The molecule has 80 valence electrons. The maximum atomic E-state index is 5.73. The highest BCUT2D eigenvalue weighted by Gasteiger charge is 2.08. The summed E-state index contributed by atoms with van der Waals surface area (Å²) in [6.07, 6.45) is 0. The third-order valence-corrected chi connectivity index (χ3v) is 2.93. The molecule has 0 saturated carbocycles. The fourth-order valence-corrected chi connectivity index (χ4v) is 2.18. The first-order valence-corrected chi connectivity index (χ1v) is 5.52. The lowest BCUT2D eigenvalue weighted by Gasteiger charge is -1.96. The van der Waals surface area contributed by atoms with Gasteiger partial charge in [-0.3, -0.25) is 0 Å². The van der Waals surface area contributed by atoms with Crippen LogP contribution < -0.4 is 5.73 Å². The van der Waals surface area contributed by atoms with Crippen LogP contribution in [0, 0.1) is 6.92 Å². The highest BCUT2D eigenvalue weighted by molar-refractivity contribution is 6.99. The number of aromatic nitrogens is 4. The van der Waals surface area contributed by atoms with Gasteiger partial charge in [-0.05, 0) is 19.1 Å². The van der Waals surface area contributed by atoms with Crippen LogP contribution in [0.15, 0.2) is 18.2 Å². The smallest absolute Gasteiger partial charge is 0.165 e. The minimum Gasteiger partial charge on any atom is -0.381 e. The highest BCUT2D eigenvalue weighted by atomic mass is 32.1. The van der Waals surface area contributed by atoms with Gasteiger partial charge in [-0.2, -0.15) is 8.75 Å². The van der Waals surface area contributed by atoms with Crippen LogP contribution in [0.4, 0.5) is 5.82 Å². The zero-order chi connectivity index (χ0) is 11.1. The molecule has 3 N–H and O–H groups in total. The Morgan fingerprint density at radius 2 is 2.19 bits per heavy atom. The zero-order valence-electron chi connectivity index (χ0n) is 8.56. The molecular formula is C10H9N5S. The lowest BCUT2D eigenvalue weighted by Crippen LogP contribution is -1.88. The summed E-state index contributed by atoms with van der Waals surface area (Å²) in [6, 6.07) is 5.89. The summed E-state index contributed by atoms with van der Waals surface area (Å²) < 4.78 is 8.13. The third-order valence-electron chi connectivity index (χ3n) is 2.39. The van der Waals surface area contributed by atoms with Crippen molar-refractivity contribution in [3.05, 3.63) is 24.0 Å². The van der Waals surface area contributed by atoms with E-state index in [1.54, 1.807) is 0 Å². The number of rotatable bonds is 1. The second kappa shape index (κ2) is 3.28. The van der Waals surface area contributed by atoms with Crippen molar-refractivity contribution >= 4 is 28.6 Å². The summed E-state index contributed by atoms with van der Waals surface area (Å²) in [5, 5.41) is 0. The predicted octanol–water partition coefficient (Wildman–Crippen LogP) is 1.97. The number of nitrogens with zero attached hydrogens (tertiary/aromatic N) is 3. The number of aryl methyl sites for hydroxylation is 1. The predicted molar refractivity (Wildman–Crippen MR) is 64.1 cm³/mol.